The maximum absolute atomic E-state index is 12.8. The summed E-state index contributed by atoms with van der Waals surface area (Å²) in [6.07, 6.45) is -1.80. The summed E-state index contributed by atoms with van der Waals surface area (Å²) in [7, 11) is -3.93. The molecule has 28 heavy (non-hydrogen) atoms. The summed E-state index contributed by atoms with van der Waals surface area (Å²) in [5, 5.41) is 1.28. The first-order valence-corrected chi connectivity index (χ1v) is 10.6. The number of halogens is 4. The van der Waals surface area contributed by atoms with Crippen molar-refractivity contribution in [2.45, 2.75) is 30.3 Å². The molecule has 0 amide bonds. The van der Waals surface area contributed by atoms with Crippen LogP contribution in [0, 0.1) is 0 Å². The van der Waals surface area contributed by atoms with Crippen molar-refractivity contribution in [1.29, 1.82) is 0 Å². The third-order valence-electron chi connectivity index (χ3n) is 4.58. The zero-order chi connectivity index (χ0) is 20.1. The Labute approximate surface area is 169 Å². The summed E-state index contributed by atoms with van der Waals surface area (Å²) in [5.41, 5.74) is 1.32. The molecule has 1 atom stereocenters. The van der Waals surface area contributed by atoms with E-state index in [1.807, 2.05) is 0 Å². The van der Waals surface area contributed by atoms with Gasteiger partial charge in [-0.1, -0.05) is 23.2 Å². The summed E-state index contributed by atoms with van der Waals surface area (Å²) in [5.74, 6) is 0.278. The van der Waals surface area contributed by atoms with Crippen LogP contribution in [0.5, 0.6) is 5.75 Å². The van der Waals surface area contributed by atoms with Gasteiger partial charge in [0, 0.05) is 11.6 Å². The lowest BCUT2D eigenvalue weighted by Gasteiger charge is -2.25. The fraction of sp³-hybridized carbons (Fsp3) is 0.222. The van der Waals surface area contributed by atoms with Gasteiger partial charge >= 0.3 is 0 Å². The van der Waals surface area contributed by atoms with Gasteiger partial charge in [0.25, 0.3) is 16.4 Å². The highest BCUT2D eigenvalue weighted by Gasteiger charge is 2.28. The zero-order valence-electron chi connectivity index (χ0n) is 14.2. The lowest BCUT2D eigenvalue weighted by molar-refractivity contribution is 0.000537. The number of aromatic amines is 1. The second-order valence-electron chi connectivity index (χ2n) is 6.39. The Kier molecular flexibility index (Phi) is 4.89. The van der Waals surface area contributed by atoms with Crippen molar-refractivity contribution in [1.82, 2.24) is 4.98 Å². The second-order valence-corrected chi connectivity index (χ2v) is 8.88. The standard InChI is InChI=1S/C18H14Cl2F2N2O3S/c19-11-3-4-13(17-16(11)12(20)8-23-17)24-28(25,26)10-2-6-14-9(7-10)1-5-15(27-14)18(21)22/h2-4,6-8,15,18,23-24H,1,5H2/t15-/m0/s1. The summed E-state index contributed by atoms with van der Waals surface area (Å²) in [6, 6.07) is 7.25. The Balaban J connectivity index is 1.66. The highest BCUT2D eigenvalue weighted by molar-refractivity contribution is 7.92. The molecule has 10 heteroatoms. The van der Waals surface area contributed by atoms with Crippen molar-refractivity contribution in [3.8, 4) is 5.75 Å². The molecule has 0 spiro atoms. The molecule has 0 bridgehead atoms. The van der Waals surface area contributed by atoms with Crippen LogP contribution in [0.25, 0.3) is 10.9 Å². The van der Waals surface area contributed by atoms with Gasteiger partial charge in [-0.25, -0.2) is 17.2 Å². The van der Waals surface area contributed by atoms with Crippen LogP contribution in [0.1, 0.15) is 12.0 Å². The van der Waals surface area contributed by atoms with Crippen molar-refractivity contribution >= 4 is 49.8 Å². The molecule has 0 fully saturated rings. The normalized spacial score (nSPS) is 16.8. The summed E-state index contributed by atoms with van der Waals surface area (Å²) < 4.78 is 59.1. The zero-order valence-corrected chi connectivity index (χ0v) is 16.5. The molecule has 2 aromatic carbocycles. The molecule has 0 unspecified atom stereocenters. The molecule has 2 heterocycles. The maximum Gasteiger partial charge on any atom is 0.274 e. The molecule has 1 aliphatic rings. The number of nitrogens with one attached hydrogen (secondary N) is 2. The predicted octanol–water partition coefficient (Wildman–Crippen LogP) is 5.23. The number of H-pyrrole nitrogens is 1. The van der Waals surface area contributed by atoms with Crippen LogP contribution >= 0.6 is 23.2 Å². The average molecular weight is 447 g/mol. The van der Waals surface area contributed by atoms with E-state index >= 15 is 0 Å². The number of hydrogen-bond acceptors (Lipinski definition) is 3. The Morgan fingerprint density at radius 2 is 1.96 bits per heavy atom. The second kappa shape index (κ2) is 7.09. The van der Waals surface area contributed by atoms with E-state index in [2.05, 4.69) is 9.71 Å². The summed E-state index contributed by atoms with van der Waals surface area (Å²) >= 11 is 12.2. The molecule has 0 saturated heterocycles. The Hall–Kier alpha value is -2.03. The number of ether oxygens (including phenoxy) is 1. The van der Waals surface area contributed by atoms with Crippen LogP contribution in [0.2, 0.25) is 10.0 Å². The Bertz CT molecular complexity index is 1170. The van der Waals surface area contributed by atoms with Crippen molar-refractivity contribution in [2.24, 2.45) is 0 Å². The first-order valence-electron chi connectivity index (χ1n) is 8.32. The van der Waals surface area contributed by atoms with E-state index < -0.39 is 22.6 Å². The van der Waals surface area contributed by atoms with E-state index in [4.69, 9.17) is 27.9 Å². The molecule has 3 aromatic rings. The van der Waals surface area contributed by atoms with E-state index in [0.29, 0.717) is 32.9 Å². The van der Waals surface area contributed by atoms with Gasteiger partial charge in [-0.05, 0) is 48.7 Å². The van der Waals surface area contributed by atoms with E-state index in [1.54, 1.807) is 6.07 Å². The summed E-state index contributed by atoms with van der Waals surface area (Å²) in [6.45, 7) is 0. The minimum absolute atomic E-state index is 0.00565. The van der Waals surface area contributed by atoms with Gasteiger partial charge in [0.15, 0.2) is 6.10 Å². The highest BCUT2D eigenvalue weighted by atomic mass is 35.5. The number of aryl methyl sites for hydroxylation is 1. The number of aromatic nitrogens is 1. The molecule has 4 rings (SSSR count). The number of hydrogen-bond donors (Lipinski definition) is 2. The van der Waals surface area contributed by atoms with Crippen molar-refractivity contribution in [2.75, 3.05) is 4.72 Å². The molecule has 0 saturated carbocycles. The number of anilines is 1. The molecular weight excluding hydrogens is 433 g/mol. The monoisotopic (exact) mass is 446 g/mol. The molecule has 148 valence electrons. The van der Waals surface area contributed by atoms with Crippen LogP contribution in [-0.4, -0.2) is 25.9 Å². The SMILES string of the molecule is O=S(=O)(Nc1ccc(Cl)c2c(Cl)c[nH]c12)c1ccc2c(c1)CC[C@@H](C(F)F)O2. The van der Waals surface area contributed by atoms with E-state index in [1.165, 1.54) is 30.5 Å². The number of fused-ring (bicyclic) bond motifs is 2. The smallest absolute Gasteiger partial charge is 0.274 e. The van der Waals surface area contributed by atoms with E-state index in [0.717, 1.165) is 0 Å². The minimum Gasteiger partial charge on any atom is -0.484 e. The van der Waals surface area contributed by atoms with Gasteiger partial charge in [0.2, 0.25) is 0 Å². The van der Waals surface area contributed by atoms with Gasteiger partial charge in [-0.15, -0.1) is 0 Å². The molecule has 0 radical (unpaired) electrons. The first kappa shape index (κ1) is 19.3. The molecule has 0 aliphatic carbocycles. The van der Waals surface area contributed by atoms with Gasteiger partial charge in [0.1, 0.15) is 5.75 Å². The van der Waals surface area contributed by atoms with E-state index in [9.17, 15) is 17.2 Å². The third-order valence-corrected chi connectivity index (χ3v) is 6.56. The molecule has 1 aliphatic heterocycles. The number of rotatable bonds is 4. The highest BCUT2D eigenvalue weighted by Crippen LogP contribution is 2.36. The lowest BCUT2D eigenvalue weighted by Crippen LogP contribution is -2.29. The quantitative estimate of drug-likeness (QED) is 0.575. The molecule has 5 nitrogen and oxygen atoms in total. The lowest BCUT2D eigenvalue weighted by atomic mass is 10.0. The topological polar surface area (TPSA) is 71.2 Å². The Morgan fingerprint density at radius 1 is 1.18 bits per heavy atom. The van der Waals surface area contributed by atoms with Crippen LogP contribution in [-0.2, 0) is 16.4 Å². The fourth-order valence-corrected chi connectivity index (χ4v) is 4.87. The van der Waals surface area contributed by atoms with Gasteiger partial charge in [-0.2, -0.15) is 0 Å². The van der Waals surface area contributed by atoms with Crippen molar-refractivity contribution < 1.29 is 21.9 Å². The average Bonchev–Trinajstić information content (AvgIpc) is 3.06. The van der Waals surface area contributed by atoms with Gasteiger partial charge in [-0.3, -0.25) is 4.72 Å². The minimum atomic E-state index is -3.93. The molecule has 1 aromatic heterocycles. The van der Waals surface area contributed by atoms with Crippen molar-refractivity contribution in [3.63, 3.8) is 0 Å². The predicted molar refractivity (Wildman–Crippen MR) is 104 cm³/mol. The van der Waals surface area contributed by atoms with Gasteiger partial charge in [0.05, 0.1) is 26.1 Å². The molecular formula is C18H14Cl2F2N2O3S. The molecule has 2 N–H and O–H groups in total. The number of benzene rings is 2. The first-order chi connectivity index (χ1) is 13.3. The van der Waals surface area contributed by atoms with E-state index in [-0.39, 0.29) is 22.8 Å². The third kappa shape index (κ3) is 3.40. The van der Waals surface area contributed by atoms with Crippen LogP contribution < -0.4 is 9.46 Å². The van der Waals surface area contributed by atoms with Crippen LogP contribution in [0.3, 0.4) is 0 Å². The Morgan fingerprint density at radius 3 is 2.71 bits per heavy atom. The van der Waals surface area contributed by atoms with Crippen molar-refractivity contribution in [3.05, 3.63) is 52.1 Å². The van der Waals surface area contributed by atoms with Crippen LogP contribution in [0.15, 0.2) is 41.4 Å². The largest absolute Gasteiger partial charge is 0.484 e. The summed E-state index contributed by atoms with van der Waals surface area (Å²) in [4.78, 5) is 2.91. The number of alkyl halides is 2. The fourth-order valence-electron chi connectivity index (χ4n) is 3.19. The van der Waals surface area contributed by atoms with Crippen LogP contribution in [0.4, 0.5) is 14.5 Å². The number of sulfonamides is 1. The maximum atomic E-state index is 12.8. The van der Waals surface area contributed by atoms with Gasteiger partial charge < -0.3 is 9.72 Å².